The molecule has 1 fully saturated rings. The SMILES string of the molecule is CC1(CNC(=O)c2cc(C(F)(F)F)ccc2Br)COC1. The van der Waals surface area contributed by atoms with Gasteiger partial charge >= 0.3 is 6.18 Å². The minimum absolute atomic E-state index is 0.0244. The molecule has 0 radical (unpaired) electrons. The highest BCUT2D eigenvalue weighted by Crippen LogP contribution is 2.32. The monoisotopic (exact) mass is 351 g/mol. The molecule has 0 atom stereocenters. The molecule has 0 bridgehead atoms. The Hall–Kier alpha value is -1.08. The van der Waals surface area contributed by atoms with Gasteiger partial charge in [0.1, 0.15) is 0 Å². The van der Waals surface area contributed by atoms with Crippen LogP contribution in [0.4, 0.5) is 13.2 Å². The number of halogens is 4. The number of rotatable bonds is 3. The second-order valence-corrected chi connectivity index (χ2v) is 6.03. The molecule has 1 aromatic rings. The number of ether oxygens (including phenoxy) is 1. The average molecular weight is 352 g/mol. The Kier molecular flexibility index (Phi) is 4.11. The van der Waals surface area contributed by atoms with Gasteiger partial charge in [-0.25, -0.2) is 0 Å². The van der Waals surface area contributed by atoms with Crippen molar-refractivity contribution >= 4 is 21.8 Å². The fraction of sp³-hybridized carbons (Fsp3) is 0.462. The van der Waals surface area contributed by atoms with E-state index in [1.807, 2.05) is 6.92 Å². The van der Waals surface area contributed by atoms with Crippen LogP contribution in [-0.4, -0.2) is 25.7 Å². The smallest absolute Gasteiger partial charge is 0.380 e. The molecule has 2 rings (SSSR count). The van der Waals surface area contributed by atoms with Crippen LogP contribution in [0.2, 0.25) is 0 Å². The molecule has 1 aliphatic rings. The normalized spacial score (nSPS) is 17.4. The molecule has 1 heterocycles. The first-order valence-corrected chi connectivity index (χ1v) is 6.73. The molecule has 1 aliphatic heterocycles. The van der Waals surface area contributed by atoms with Gasteiger partial charge in [0, 0.05) is 16.4 Å². The minimum Gasteiger partial charge on any atom is -0.380 e. The summed E-state index contributed by atoms with van der Waals surface area (Å²) in [5, 5.41) is 2.64. The van der Waals surface area contributed by atoms with E-state index in [-0.39, 0.29) is 11.0 Å². The van der Waals surface area contributed by atoms with Crippen LogP contribution in [0.15, 0.2) is 22.7 Å². The third-order valence-corrected chi connectivity index (χ3v) is 3.81. The van der Waals surface area contributed by atoms with Gasteiger partial charge < -0.3 is 10.1 Å². The summed E-state index contributed by atoms with van der Waals surface area (Å²) >= 11 is 3.10. The molecule has 0 aliphatic carbocycles. The second-order valence-electron chi connectivity index (χ2n) is 5.18. The Morgan fingerprint density at radius 3 is 2.60 bits per heavy atom. The predicted octanol–water partition coefficient (Wildman–Crippen LogP) is 3.23. The van der Waals surface area contributed by atoms with Crippen molar-refractivity contribution in [1.82, 2.24) is 5.32 Å². The highest BCUT2D eigenvalue weighted by molar-refractivity contribution is 9.10. The molecule has 7 heteroatoms. The van der Waals surface area contributed by atoms with Crippen LogP contribution < -0.4 is 5.32 Å². The maximum Gasteiger partial charge on any atom is 0.416 e. The second kappa shape index (κ2) is 5.37. The van der Waals surface area contributed by atoms with E-state index < -0.39 is 17.6 Å². The molecule has 0 unspecified atom stereocenters. The summed E-state index contributed by atoms with van der Waals surface area (Å²) in [5.74, 6) is -0.531. The van der Waals surface area contributed by atoms with Gasteiger partial charge in [-0.2, -0.15) is 13.2 Å². The van der Waals surface area contributed by atoms with Crippen molar-refractivity contribution in [2.75, 3.05) is 19.8 Å². The van der Waals surface area contributed by atoms with E-state index >= 15 is 0 Å². The van der Waals surface area contributed by atoms with Crippen molar-refractivity contribution in [3.8, 4) is 0 Å². The summed E-state index contributed by atoms with van der Waals surface area (Å²) in [5.41, 5.74) is -1.00. The topological polar surface area (TPSA) is 38.3 Å². The van der Waals surface area contributed by atoms with Crippen LogP contribution in [0, 0.1) is 5.41 Å². The zero-order valence-electron chi connectivity index (χ0n) is 10.7. The van der Waals surface area contributed by atoms with Gasteiger partial charge in [-0.05, 0) is 34.1 Å². The summed E-state index contributed by atoms with van der Waals surface area (Å²) < 4.78 is 43.3. The number of carbonyl (C=O) groups is 1. The molecule has 110 valence electrons. The Labute approximate surface area is 122 Å². The van der Waals surface area contributed by atoms with Crippen LogP contribution >= 0.6 is 15.9 Å². The lowest BCUT2D eigenvalue weighted by Gasteiger charge is -2.38. The fourth-order valence-corrected chi connectivity index (χ4v) is 2.24. The Balaban J connectivity index is 2.12. The molecular weight excluding hydrogens is 339 g/mol. The van der Waals surface area contributed by atoms with Crippen LogP contribution in [0.1, 0.15) is 22.8 Å². The van der Waals surface area contributed by atoms with Crippen molar-refractivity contribution in [2.24, 2.45) is 5.41 Å². The van der Waals surface area contributed by atoms with Gasteiger partial charge in [-0.15, -0.1) is 0 Å². The average Bonchev–Trinajstić information content (AvgIpc) is 2.32. The van der Waals surface area contributed by atoms with Gasteiger partial charge in [0.05, 0.1) is 24.3 Å². The maximum atomic E-state index is 12.6. The number of hydrogen-bond donors (Lipinski definition) is 1. The minimum atomic E-state index is -4.47. The molecular formula is C13H13BrF3NO2. The number of nitrogens with one attached hydrogen (secondary N) is 1. The number of alkyl halides is 3. The fourth-order valence-electron chi connectivity index (χ4n) is 1.82. The standard InChI is InChI=1S/C13H13BrF3NO2/c1-12(6-20-7-12)5-18-11(19)9-4-8(13(15,16)17)2-3-10(9)14/h2-4H,5-7H2,1H3,(H,18,19). The molecule has 1 amide bonds. The van der Waals surface area contributed by atoms with Crippen molar-refractivity contribution < 1.29 is 22.7 Å². The predicted molar refractivity (Wildman–Crippen MR) is 70.4 cm³/mol. The summed E-state index contributed by atoms with van der Waals surface area (Å²) in [6, 6.07) is 3.01. The largest absolute Gasteiger partial charge is 0.416 e. The summed E-state index contributed by atoms with van der Waals surface area (Å²) in [6.45, 7) is 3.39. The number of hydrogen-bond acceptors (Lipinski definition) is 2. The van der Waals surface area contributed by atoms with Gasteiger partial charge in [0.25, 0.3) is 5.91 Å². The van der Waals surface area contributed by atoms with E-state index in [2.05, 4.69) is 21.2 Å². The Morgan fingerprint density at radius 2 is 2.10 bits per heavy atom. The molecule has 0 saturated carbocycles. The molecule has 3 nitrogen and oxygen atoms in total. The molecule has 20 heavy (non-hydrogen) atoms. The first kappa shape index (κ1) is 15.3. The van der Waals surface area contributed by atoms with Crippen LogP contribution in [0.3, 0.4) is 0 Å². The molecule has 0 spiro atoms. The molecule has 0 aromatic heterocycles. The van der Waals surface area contributed by atoms with E-state index in [1.165, 1.54) is 6.07 Å². The van der Waals surface area contributed by atoms with Crippen LogP contribution in [0.25, 0.3) is 0 Å². The third-order valence-electron chi connectivity index (χ3n) is 3.12. The van der Waals surface area contributed by atoms with Gasteiger partial charge in [0.2, 0.25) is 0 Å². The lowest BCUT2D eigenvalue weighted by molar-refractivity contribution is -0.137. The first-order chi connectivity index (χ1) is 9.21. The van der Waals surface area contributed by atoms with Crippen molar-refractivity contribution in [2.45, 2.75) is 13.1 Å². The molecule has 1 aromatic carbocycles. The van der Waals surface area contributed by atoms with E-state index in [1.54, 1.807) is 0 Å². The molecule has 1 saturated heterocycles. The van der Waals surface area contributed by atoms with E-state index in [9.17, 15) is 18.0 Å². The third kappa shape index (κ3) is 3.32. The Bertz CT molecular complexity index is 527. The lowest BCUT2D eigenvalue weighted by atomic mass is 9.88. The van der Waals surface area contributed by atoms with E-state index in [4.69, 9.17) is 4.74 Å². The summed E-state index contributed by atoms with van der Waals surface area (Å²) in [6.07, 6.45) is -4.47. The van der Waals surface area contributed by atoms with Crippen LogP contribution in [-0.2, 0) is 10.9 Å². The van der Waals surface area contributed by atoms with Crippen molar-refractivity contribution in [3.63, 3.8) is 0 Å². The molecule has 1 N–H and O–H groups in total. The van der Waals surface area contributed by atoms with Crippen LogP contribution in [0.5, 0.6) is 0 Å². The zero-order valence-corrected chi connectivity index (χ0v) is 12.3. The van der Waals surface area contributed by atoms with Crippen molar-refractivity contribution in [3.05, 3.63) is 33.8 Å². The van der Waals surface area contributed by atoms with Gasteiger partial charge in [-0.1, -0.05) is 6.92 Å². The van der Waals surface area contributed by atoms with Gasteiger partial charge in [-0.3, -0.25) is 4.79 Å². The zero-order chi connectivity index (χ0) is 15.0. The summed E-state index contributed by atoms with van der Waals surface area (Å²) in [7, 11) is 0. The number of carbonyl (C=O) groups excluding carboxylic acids is 1. The van der Waals surface area contributed by atoms with Crippen molar-refractivity contribution in [1.29, 1.82) is 0 Å². The number of benzene rings is 1. The van der Waals surface area contributed by atoms with Gasteiger partial charge in [0.15, 0.2) is 0 Å². The maximum absolute atomic E-state index is 12.6. The van der Waals surface area contributed by atoms with E-state index in [0.29, 0.717) is 24.2 Å². The highest BCUT2D eigenvalue weighted by atomic mass is 79.9. The number of amides is 1. The highest BCUT2D eigenvalue weighted by Gasteiger charge is 2.34. The lowest BCUT2D eigenvalue weighted by Crippen LogP contribution is -2.48. The Morgan fingerprint density at radius 1 is 1.45 bits per heavy atom. The summed E-state index contributed by atoms with van der Waals surface area (Å²) in [4.78, 5) is 12.0. The van der Waals surface area contributed by atoms with E-state index in [0.717, 1.165) is 12.1 Å². The quantitative estimate of drug-likeness (QED) is 0.907. The first-order valence-electron chi connectivity index (χ1n) is 5.94.